The predicted molar refractivity (Wildman–Crippen MR) is 89.5 cm³/mol. The van der Waals surface area contributed by atoms with Crippen LogP contribution in [-0.4, -0.2) is 48.7 Å². The summed E-state index contributed by atoms with van der Waals surface area (Å²) in [7, 11) is 1.48. The van der Waals surface area contributed by atoms with Gasteiger partial charge in [0, 0.05) is 20.2 Å². The van der Waals surface area contributed by atoms with Crippen molar-refractivity contribution in [3.8, 4) is 0 Å². The molecule has 1 aliphatic carbocycles. The van der Waals surface area contributed by atoms with Crippen LogP contribution < -0.4 is 0 Å². The van der Waals surface area contributed by atoms with Gasteiger partial charge in [-0.15, -0.1) is 0 Å². The highest BCUT2D eigenvalue weighted by atomic mass is 19.1. The molecule has 1 aromatic carbocycles. The van der Waals surface area contributed by atoms with E-state index in [1.807, 2.05) is 6.07 Å². The topological polar surface area (TPSA) is 66.8 Å². The van der Waals surface area contributed by atoms with Gasteiger partial charge >= 0.3 is 5.97 Å². The number of rotatable bonds is 6. The number of methoxy groups -OCH3 is 1. The number of hydrogen-bond acceptors (Lipinski definition) is 3. The van der Waals surface area contributed by atoms with Gasteiger partial charge in [0.05, 0.1) is 12.0 Å². The summed E-state index contributed by atoms with van der Waals surface area (Å²) < 4.78 is 18.6. The third kappa shape index (κ3) is 3.27. The second-order valence-electron chi connectivity index (χ2n) is 7.44. The highest BCUT2D eigenvalue weighted by Crippen LogP contribution is 2.47. The van der Waals surface area contributed by atoms with Crippen LogP contribution in [0.5, 0.6) is 0 Å². The summed E-state index contributed by atoms with van der Waals surface area (Å²) in [5.74, 6) is -1.22. The fourth-order valence-corrected chi connectivity index (χ4v) is 4.12. The van der Waals surface area contributed by atoms with E-state index in [0.29, 0.717) is 19.4 Å². The zero-order chi connectivity index (χ0) is 18.1. The standard InChI is InChI=1S/C19H24FNO4/c1-25-13-19(17(23)24)8-9-21(12-19)16(22)18(6-3-7-18)11-14-4-2-5-15(20)10-14/h2,4-5,10H,3,6-9,11-13H2,1H3,(H,23,24). The maximum absolute atomic E-state index is 13.5. The molecule has 0 radical (unpaired) electrons. The normalized spacial score (nSPS) is 24.8. The zero-order valence-electron chi connectivity index (χ0n) is 14.5. The average Bonchev–Trinajstić information content (AvgIpc) is 2.96. The molecule has 1 atom stereocenters. The molecule has 0 aromatic heterocycles. The first-order valence-electron chi connectivity index (χ1n) is 8.67. The first-order chi connectivity index (χ1) is 11.9. The van der Waals surface area contributed by atoms with Gasteiger partial charge in [-0.05, 0) is 43.4 Å². The lowest BCUT2D eigenvalue weighted by molar-refractivity contribution is -0.153. The van der Waals surface area contributed by atoms with E-state index >= 15 is 0 Å². The van der Waals surface area contributed by atoms with Gasteiger partial charge < -0.3 is 14.7 Å². The number of aliphatic carboxylic acids is 1. The quantitative estimate of drug-likeness (QED) is 0.857. The smallest absolute Gasteiger partial charge is 0.313 e. The van der Waals surface area contributed by atoms with Gasteiger partial charge in [0.1, 0.15) is 11.2 Å². The minimum atomic E-state index is -1.02. The number of benzene rings is 1. The highest BCUT2D eigenvalue weighted by Gasteiger charge is 2.52. The molecule has 1 heterocycles. The second kappa shape index (κ2) is 6.75. The van der Waals surface area contributed by atoms with Crippen LogP contribution in [0.3, 0.4) is 0 Å². The molecule has 2 aliphatic rings. The van der Waals surface area contributed by atoms with Gasteiger partial charge in [0.15, 0.2) is 0 Å². The summed E-state index contributed by atoms with van der Waals surface area (Å²) in [5, 5.41) is 9.57. The zero-order valence-corrected chi connectivity index (χ0v) is 14.5. The maximum atomic E-state index is 13.5. The van der Waals surface area contributed by atoms with Crippen LogP contribution in [0, 0.1) is 16.6 Å². The Morgan fingerprint density at radius 3 is 2.60 bits per heavy atom. The minimum absolute atomic E-state index is 0.00207. The number of carbonyl (C=O) groups excluding carboxylic acids is 1. The molecule has 1 amide bonds. The molecule has 5 nitrogen and oxygen atoms in total. The number of carboxylic acid groups (broad SMARTS) is 1. The lowest BCUT2D eigenvalue weighted by atomic mass is 9.64. The molecule has 25 heavy (non-hydrogen) atoms. The second-order valence-corrected chi connectivity index (χ2v) is 7.44. The van der Waals surface area contributed by atoms with Crippen LogP contribution in [0.1, 0.15) is 31.2 Å². The van der Waals surface area contributed by atoms with Crippen LogP contribution in [0.2, 0.25) is 0 Å². The molecule has 1 aliphatic heterocycles. The van der Waals surface area contributed by atoms with Crippen molar-refractivity contribution in [2.75, 3.05) is 26.8 Å². The number of carbonyl (C=O) groups is 2. The highest BCUT2D eigenvalue weighted by molar-refractivity contribution is 5.86. The summed E-state index contributed by atoms with van der Waals surface area (Å²) in [6.07, 6.45) is 3.41. The van der Waals surface area contributed by atoms with E-state index in [1.165, 1.54) is 19.2 Å². The molecule has 1 N–H and O–H groups in total. The molecule has 2 fully saturated rings. The third-order valence-corrected chi connectivity index (χ3v) is 5.71. The van der Waals surface area contributed by atoms with E-state index in [9.17, 15) is 19.1 Å². The van der Waals surface area contributed by atoms with E-state index in [0.717, 1.165) is 24.8 Å². The number of nitrogens with zero attached hydrogens (tertiary/aromatic N) is 1. The Hall–Kier alpha value is -1.95. The maximum Gasteiger partial charge on any atom is 0.313 e. The fraction of sp³-hybridized carbons (Fsp3) is 0.579. The van der Waals surface area contributed by atoms with Crippen molar-refractivity contribution in [3.63, 3.8) is 0 Å². The van der Waals surface area contributed by atoms with Gasteiger partial charge in [0.2, 0.25) is 5.91 Å². The molecule has 3 rings (SSSR count). The van der Waals surface area contributed by atoms with E-state index in [4.69, 9.17) is 4.74 Å². The van der Waals surface area contributed by atoms with E-state index in [1.54, 1.807) is 11.0 Å². The monoisotopic (exact) mass is 349 g/mol. The van der Waals surface area contributed by atoms with Crippen LogP contribution in [0.4, 0.5) is 4.39 Å². The Balaban J connectivity index is 1.76. The fourth-order valence-electron chi connectivity index (χ4n) is 4.12. The Morgan fingerprint density at radius 2 is 2.04 bits per heavy atom. The summed E-state index contributed by atoms with van der Waals surface area (Å²) in [4.78, 5) is 26.5. The molecule has 1 unspecified atom stereocenters. The molecule has 6 heteroatoms. The van der Waals surface area contributed by atoms with Gasteiger partial charge in [-0.1, -0.05) is 18.6 Å². The first kappa shape index (κ1) is 17.9. The summed E-state index contributed by atoms with van der Waals surface area (Å²) >= 11 is 0. The van der Waals surface area contributed by atoms with E-state index in [-0.39, 0.29) is 24.9 Å². The summed E-state index contributed by atoms with van der Waals surface area (Å²) in [5.41, 5.74) is -0.724. The molecular weight excluding hydrogens is 325 g/mol. The summed E-state index contributed by atoms with van der Waals surface area (Å²) in [6, 6.07) is 6.37. The molecule has 136 valence electrons. The summed E-state index contributed by atoms with van der Waals surface area (Å²) in [6.45, 7) is 0.711. The molecule has 0 spiro atoms. The van der Waals surface area contributed by atoms with Crippen LogP contribution >= 0.6 is 0 Å². The van der Waals surface area contributed by atoms with Crippen molar-refractivity contribution in [3.05, 3.63) is 35.6 Å². The number of ether oxygens (including phenoxy) is 1. The van der Waals surface area contributed by atoms with Crippen molar-refractivity contribution in [2.24, 2.45) is 10.8 Å². The van der Waals surface area contributed by atoms with Gasteiger partial charge in [-0.25, -0.2) is 4.39 Å². The van der Waals surface area contributed by atoms with Crippen LogP contribution in [0.25, 0.3) is 0 Å². The number of amides is 1. The average molecular weight is 349 g/mol. The molecule has 0 bridgehead atoms. The van der Waals surface area contributed by atoms with Crippen molar-refractivity contribution in [1.29, 1.82) is 0 Å². The Labute approximate surface area is 146 Å². The third-order valence-electron chi connectivity index (χ3n) is 5.71. The number of carboxylic acids is 1. The Bertz CT molecular complexity index is 673. The SMILES string of the molecule is COCC1(C(=O)O)CCN(C(=O)C2(Cc3cccc(F)c3)CCC2)C1. The van der Waals surface area contributed by atoms with Crippen LogP contribution in [-0.2, 0) is 20.7 Å². The molecule has 1 aromatic rings. The van der Waals surface area contributed by atoms with Gasteiger partial charge in [-0.2, -0.15) is 0 Å². The van der Waals surface area contributed by atoms with Crippen molar-refractivity contribution in [1.82, 2.24) is 4.90 Å². The van der Waals surface area contributed by atoms with Crippen molar-refractivity contribution in [2.45, 2.75) is 32.1 Å². The van der Waals surface area contributed by atoms with Crippen molar-refractivity contribution >= 4 is 11.9 Å². The van der Waals surface area contributed by atoms with Crippen molar-refractivity contribution < 1.29 is 23.8 Å². The Kier molecular flexibility index (Phi) is 4.82. The van der Waals surface area contributed by atoms with E-state index < -0.39 is 16.8 Å². The number of halogens is 1. The van der Waals surface area contributed by atoms with Gasteiger partial charge in [0.25, 0.3) is 0 Å². The van der Waals surface area contributed by atoms with E-state index in [2.05, 4.69) is 0 Å². The lowest BCUT2D eigenvalue weighted by Crippen LogP contribution is -2.50. The minimum Gasteiger partial charge on any atom is -0.481 e. The largest absolute Gasteiger partial charge is 0.481 e. The van der Waals surface area contributed by atoms with Crippen LogP contribution in [0.15, 0.2) is 24.3 Å². The molecular formula is C19H24FNO4. The van der Waals surface area contributed by atoms with Gasteiger partial charge in [-0.3, -0.25) is 9.59 Å². The number of hydrogen-bond donors (Lipinski definition) is 1. The first-order valence-corrected chi connectivity index (χ1v) is 8.67. The number of likely N-dealkylation sites (tertiary alicyclic amines) is 1. The Morgan fingerprint density at radius 1 is 1.28 bits per heavy atom. The molecule has 1 saturated carbocycles. The predicted octanol–water partition coefficient (Wildman–Crippen LogP) is 2.49. The lowest BCUT2D eigenvalue weighted by Gasteiger charge is -2.43. The molecule has 1 saturated heterocycles.